The lowest BCUT2D eigenvalue weighted by atomic mass is 10.2. The molecular formula is C21H16Cl2N4O2. The van der Waals surface area contributed by atoms with Gasteiger partial charge in [0.2, 0.25) is 17.5 Å². The van der Waals surface area contributed by atoms with E-state index in [9.17, 15) is 10.1 Å². The zero-order valence-corrected chi connectivity index (χ0v) is 16.8. The fourth-order valence-electron chi connectivity index (χ4n) is 3.23. The van der Waals surface area contributed by atoms with Crippen LogP contribution in [-0.4, -0.2) is 42.0 Å². The zero-order chi connectivity index (χ0) is 20.4. The average molecular weight is 427 g/mol. The largest absolute Gasteiger partial charge is 0.419 e. The number of piperazine rings is 1. The van der Waals surface area contributed by atoms with E-state index in [1.807, 2.05) is 4.90 Å². The Bertz CT molecular complexity index is 1080. The zero-order valence-electron chi connectivity index (χ0n) is 15.3. The molecule has 0 spiro atoms. The molecule has 1 aliphatic rings. The highest BCUT2D eigenvalue weighted by Gasteiger charge is 2.27. The molecule has 0 N–H and O–H groups in total. The lowest BCUT2D eigenvalue weighted by molar-refractivity contribution is 0.0745. The van der Waals surface area contributed by atoms with E-state index in [4.69, 9.17) is 27.6 Å². The fraction of sp³-hybridized carbons (Fsp3) is 0.190. The summed E-state index contributed by atoms with van der Waals surface area (Å²) in [6, 6.07) is 16.2. The second-order valence-electron chi connectivity index (χ2n) is 6.55. The number of hydrogen-bond acceptors (Lipinski definition) is 5. The van der Waals surface area contributed by atoms with Gasteiger partial charge in [-0.05, 0) is 36.4 Å². The number of rotatable bonds is 3. The van der Waals surface area contributed by atoms with Crippen LogP contribution in [0.2, 0.25) is 10.0 Å². The van der Waals surface area contributed by atoms with Gasteiger partial charge in [-0.25, -0.2) is 0 Å². The molecule has 1 aromatic heterocycles. The first-order valence-corrected chi connectivity index (χ1v) is 9.78. The van der Waals surface area contributed by atoms with Crippen LogP contribution in [0.25, 0.3) is 11.5 Å². The van der Waals surface area contributed by atoms with Gasteiger partial charge >= 0.3 is 0 Å². The highest BCUT2D eigenvalue weighted by Crippen LogP contribution is 2.30. The number of nitriles is 1. The number of hydrogen-bond donors (Lipinski definition) is 0. The van der Waals surface area contributed by atoms with Crippen LogP contribution in [0.3, 0.4) is 0 Å². The molecule has 0 bridgehead atoms. The lowest BCUT2D eigenvalue weighted by Gasteiger charge is -2.34. The average Bonchev–Trinajstić information content (AvgIpc) is 3.19. The van der Waals surface area contributed by atoms with Crippen molar-refractivity contribution < 1.29 is 9.21 Å². The number of halogens is 2. The molecule has 0 saturated carbocycles. The van der Waals surface area contributed by atoms with Crippen molar-refractivity contribution in [3.05, 3.63) is 69.8 Å². The molecule has 2 heterocycles. The van der Waals surface area contributed by atoms with Crippen LogP contribution in [0, 0.1) is 11.3 Å². The molecule has 1 saturated heterocycles. The summed E-state index contributed by atoms with van der Waals surface area (Å²) in [5.74, 6) is 0.681. The molecule has 1 fully saturated rings. The maximum absolute atomic E-state index is 12.7. The smallest absolute Gasteiger partial charge is 0.255 e. The standard InChI is InChI=1S/C21H16Cl2N4O2/c22-15-7-5-14(6-8-15)19-25-18(13-24)21(29-19)27-11-9-26(10-12-27)20(28)16-3-1-2-4-17(16)23/h1-8H,9-12H2. The normalized spacial score (nSPS) is 14.0. The van der Waals surface area contributed by atoms with Crippen molar-refractivity contribution in [2.75, 3.05) is 31.1 Å². The number of benzene rings is 2. The Labute approximate surface area is 177 Å². The minimum atomic E-state index is -0.102. The van der Waals surface area contributed by atoms with Crippen molar-refractivity contribution in [2.24, 2.45) is 0 Å². The van der Waals surface area contributed by atoms with Gasteiger partial charge in [0.25, 0.3) is 5.91 Å². The van der Waals surface area contributed by atoms with Gasteiger partial charge in [-0.15, -0.1) is 0 Å². The molecule has 1 aliphatic heterocycles. The third-order valence-corrected chi connectivity index (χ3v) is 5.35. The Morgan fingerprint density at radius 1 is 1.03 bits per heavy atom. The highest BCUT2D eigenvalue weighted by molar-refractivity contribution is 6.33. The van der Waals surface area contributed by atoms with E-state index in [-0.39, 0.29) is 11.6 Å². The molecule has 8 heteroatoms. The Kier molecular flexibility index (Phi) is 5.43. The third-order valence-electron chi connectivity index (χ3n) is 4.76. The number of oxazole rings is 1. The molecule has 0 unspecified atom stereocenters. The predicted octanol–water partition coefficient (Wildman–Crippen LogP) is 4.48. The van der Waals surface area contributed by atoms with Gasteiger partial charge in [-0.3, -0.25) is 4.79 Å². The van der Waals surface area contributed by atoms with Gasteiger partial charge in [-0.2, -0.15) is 10.2 Å². The maximum atomic E-state index is 12.7. The van der Waals surface area contributed by atoms with Crippen molar-refractivity contribution in [3.8, 4) is 17.5 Å². The number of aromatic nitrogens is 1. The summed E-state index contributed by atoms with van der Waals surface area (Å²) in [4.78, 5) is 20.7. The first-order chi connectivity index (χ1) is 14.1. The molecular weight excluding hydrogens is 411 g/mol. The molecule has 2 aromatic carbocycles. The summed E-state index contributed by atoms with van der Waals surface area (Å²) < 4.78 is 5.90. The van der Waals surface area contributed by atoms with E-state index in [0.29, 0.717) is 53.6 Å². The van der Waals surface area contributed by atoms with Gasteiger partial charge in [0, 0.05) is 36.8 Å². The second-order valence-corrected chi connectivity index (χ2v) is 7.39. The van der Waals surface area contributed by atoms with Crippen LogP contribution >= 0.6 is 23.2 Å². The minimum absolute atomic E-state index is 0.102. The predicted molar refractivity (Wildman–Crippen MR) is 111 cm³/mol. The van der Waals surface area contributed by atoms with E-state index in [1.165, 1.54) is 0 Å². The fourth-order valence-corrected chi connectivity index (χ4v) is 3.58. The Morgan fingerprint density at radius 3 is 2.38 bits per heavy atom. The van der Waals surface area contributed by atoms with E-state index >= 15 is 0 Å². The first kappa shape index (κ1) is 19.3. The molecule has 6 nitrogen and oxygen atoms in total. The summed E-state index contributed by atoms with van der Waals surface area (Å²) >= 11 is 12.1. The number of nitrogens with zero attached hydrogens (tertiary/aromatic N) is 4. The van der Waals surface area contributed by atoms with Crippen molar-refractivity contribution in [1.29, 1.82) is 5.26 Å². The van der Waals surface area contributed by atoms with Crippen molar-refractivity contribution >= 4 is 35.0 Å². The molecule has 0 aliphatic carbocycles. The molecule has 4 rings (SSSR count). The van der Waals surface area contributed by atoms with Crippen LogP contribution in [-0.2, 0) is 0 Å². The minimum Gasteiger partial charge on any atom is -0.419 e. The Hall–Kier alpha value is -3.01. The van der Waals surface area contributed by atoms with E-state index < -0.39 is 0 Å². The second kappa shape index (κ2) is 8.16. The summed E-state index contributed by atoms with van der Waals surface area (Å²) in [6.07, 6.45) is 0. The van der Waals surface area contributed by atoms with E-state index in [0.717, 1.165) is 5.56 Å². The van der Waals surface area contributed by atoms with E-state index in [1.54, 1.807) is 53.4 Å². The van der Waals surface area contributed by atoms with Crippen molar-refractivity contribution in [1.82, 2.24) is 9.88 Å². The molecule has 0 radical (unpaired) electrons. The van der Waals surface area contributed by atoms with Gasteiger partial charge in [0.05, 0.1) is 10.6 Å². The first-order valence-electron chi connectivity index (χ1n) is 9.02. The van der Waals surface area contributed by atoms with Crippen LogP contribution in [0.1, 0.15) is 16.1 Å². The molecule has 29 heavy (non-hydrogen) atoms. The van der Waals surface area contributed by atoms with Crippen LogP contribution in [0.4, 0.5) is 5.88 Å². The third kappa shape index (κ3) is 3.93. The van der Waals surface area contributed by atoms with Gasteiger partial charge in [0.15, 0.2) is 0 Å². The Balaban J connectivity index is 1.50. The van der Waals surface area contributed by atoms with Gasteiger partial charge in [-0.1, -0.05) is 35.3 Å². The summed E-state index contributed by atoms with van der Waals surface area (Å²) in [5.41, 5.74) is 1.45. The maximum Gasteiger partial charge on any atom is 0.255 e. The van der Waals surface area contributed by atoms with Gasteiger partial charge < -0.3 is 14.2 Å². The van der Waals surface area contributed by atoms with Crippen molar-refractivity contribution in [2.45, 2.75) is 0 Å². The van der Waals surface area contributed by atoms with E-state index in [2.05, 4.69) is 11.1 Å². The Morgan fingerprint density at radius 2 is 1.72 bits per heavy atom. The number of amides is 1. The van der Waals surface area contributed by atoms with Crippen LogP contribution in [0.5, 0.6) is 0 Å². The lowest BCUT2D eigenvalue weighted by Crippen LogP contribution is -2.49. The van der Waals surface area contributed by atoms with Gasteiger partial charge in [0.1, 0.15) is 6.07 Å². The summed E-state index contributed by atoms with van der Waals surface area (Å²) in [5, 5.41) is 10.5. The number of anilines is 1. The van der Waals surface area contributed by atoms with Crippen LogP contribution in [0.15, 0.2) is 52.9 Å². The van der Waals surface area contributed by atoms with Crippen molar-refractivity contribution in [3.63, 3.8) is 0 Å². The quantitative estimate of drug-likeness (QED) is 0.616. The monoisotopic (exact) mass is 426 g/mol. The number of carbonyl (C=O) groups is 1. The molecule has 1 amide bonds. The topological polar surface area (TPSA) is 73.4 Å². The van der Waals surface area contributed by atoms with Crippen LogP contribution < -0.4 is 4.90 Å². The molecule has 146 valence electrons. The molecule has 3 aromatic rings. The summed E-state index contributed by atoms with van der Waals surface area (Å²) in [6.45, 7) is 2.04. The SMILES string of the molecule is N#Cc1nc(-c2ccc(Cl)cc2)oc1N1CCN(C(=O)c2ccccc2Cl)CC1. The highest BCUT2D eigenvalue weighted by atomic mass is 35.5. The summed E-state index contributed by atoms with van der Waals surface area (Å²) in [7, 11) is 0. The molecule has 0 atom stereocenters. The number of carbonyl (C=O) groups excluding carboxylic acids is 1.